The van der Waals surface area contributed by atoms with Crippen molar-refractivity contribution < 1.29 is 4.57 Å². The highest BCUT2D eigenvalue weighted by molar-refractivity contribution is 7.63. The summed E-state index contributed by atoms with van der Waals surface area (Å²) in [4.78, 5) is 0. The first-order valence-electron chi connectivity index (χ1n) is 4.26. The van der Waals surface area contributed by atoms with E-state index in [1.807, 2.05) is 13.3 Å². The maximum atomic E-state index is 11.8. The monoisotopic (exact) mass is 211 g/mol. The van der Waals surface area contributed by atoms with Crippen molar-refractivity contribution in [3.63, 3.8) is 0 Å². The molecule has 1 aliphatic rings. The van der Waals surface area contributed by atoms with Gasteiger partial charge in [0.15, 0.2) is 0 Å². The fourth-order valence-electron chi connectivity index (χ4n) is 1.50. The van der Waals surface area contributed by atoms with Gasteiger partial charge in [-0.1, -0.05) is 0 Å². The first-order chi connectivity index (χ1) is 4.96. The molecule has 0 aromatic heterocycles. The van der Waals surface area contributed by atoms with Gasteiger partial charge in [-0.25, -0.2) is 0 Å². The van der Waals surface area contributed by atoms with E-state index in [4.69, 9.17) is 0 Å². The highest BCUT2D eigenvalue weighted by atomic mass is 35.5. The van der Waals surface area contributed by atoms with E-state index >= 15 is 0 Å². The van der Waals surface area contributed by atoms with Gasteiger partial charge >= 0.3 is 0 Å². The molecule has 1 aliphatic heterocycles. The van der Waals surface area contributed by atoms with Crippen LogP contribution in [0.4, 0.5) is 0 Å². The summed E-state index contributed by atoms with van der Waals surface area (Å²) >= 11 is 0. The Labute approximate surface area is 81.3 Å². The molecule has 0 aromatic rings. The Morgan fingerprint density at radius 1 is 1.33 bits per heavy atom. The molecular formula is C8H19ClNOP. The summed E-state index contributed by atoms with van der Waals surface area (Å²) in [5.74, 6) is 0. The molecule has 1 heterocycles. The zero-order valence-electron chi connectivity index (χ0n) is 8.09. The zero-order chi connectivity index (χ0) is 8.54. The van der Waals surface area contributed by atoms with E-state index in [-0.39, 0.29) is 17.7 Å². The molecule has 1 fully saturated rings. The first kappa shape index (κ1) is 12.5. The van der Waals surface area contributed by atoms with Crippen LogP contribution in [0.5, 0.6) is 0 Å². The molecule has 2 nitrogen and oxygen atoms in total. The van der Waals surface area contributed by atoms with Crippen LogP contribution in [0, 0.1) is 0 Å². The van der Waals surface area contributed by atoms with E-state index < -0.39 is 7.14 Å². The molecule has 0 aromatic carbocycles. The smallest absolute Gasteiger partial charge is 0.101 e. The summed E-state index contributed by atoms with van der Waals surface area (Å²) in [5, 5.41) is 3.29. The van der Waals surface area contributed by atoms with Gasteiger partial charge in [0.2, 0.25) is 0 Å². The van der Waals surface area contributed by atoms with Crippen molar-refractivity contribution in [3.8, 4) is 0 Å². The van der Waals surface area contributed by atoms with Gasteiger partial charge in [0, 0.05) is 0 Å². The van der Waals surface area contributed by atoms with E-state index in [0.717, 1.165) is 13.0 Å². The summed E-state index contributed by atoms with van der Waals surface area (Å²) < 4.78 is 11.8. The van der Waals surface area contributed by atoms with Crippen LogP contribution in [0.3, 0.4) is 0 Å². The number of rotatable bonds is 1. The maximum absolute atomic E-state index is 11.8. The highest BCUT2D eigenvalue weighted by Gasteiger charge is 2.37. The van der Waals surface area contributed by atoms with Crippen LogP contribution in [0.1, 0.15) is 26.2 Å². The van der Waals surface area contributed by atoms with E-state index in [0.29, 0.717) is 0 Å². The van der Waals surface area contributed by atoms with Gasteiger partial charge in [0.25, 0.3) is 0 Å². The number of hydrogen-bond acceptors (Lipinski definition) is 2. The fourth-order valence-corrected chi connectivity index (χ4v) is 2.69. The van der Waals surface area contributed by atoms with Crippen molar-refractivity contribution in [2.24, 2.45) is 0 Å². The third-order valence-corrected chi connectivity index (χ3v) is 5.54. The van der Waals surface area contributed by atoms with E-state index in [9.17, 15) is 4.57 Å². The van der Waals surface area contributed by atoms with Crippen LogP contribution < -0.4 is 5.32 Å². The lowest BCUT2D eigenvalue weighted by Gasteiger charge is -2.38. The molecule has 1 rings (SSSR count). The lowest BCUT2D eigenvalue weighted by molar-refractivity contribution is 0.366. The van der Waals surface area contributed by atoms with E-state index in [1.165, 1.54) is 12.8 Å². The molecule has 0 bridgehead atoms. The van der Waals surface area contributed by atoms with Gasteiger partial charge in [-0.2, -0.15) is 0 Å². The van der Waals surface area contributed by atoms with Crippen molar-refractivity contribution in [2.75, 3.05) is 19.9 Å². The average molecular weight is 212 g/mol. The van der Waals surface area contributed by atoms with Crippen LogP contribution in [-0.4, -0.2) is 25.2 Å². The molecule has 4 heteroatoms. The molecule has 0 saturated carbocycles. The molecule has 1 unspecified atom stereocenters. The van der Waals surface area contributed by atoms with Gasteiger partial charge in [0.05, 0.1) is 5.28 Å². The van der Waals surface area contributed by atoms with Crippen LogP contribution in [-0.2, 0) is 4.57 Å². The third-order valence-electron chi connectivity index (χ3n) is 2.78. The van der Waals surface area contributed by atoms with Crippen molar-refractivity contribution in [1.29, 1.82) is 0 Å². The molecule has 1 N–H and O–H groups in total. The summed E-state index contributed by atoms with van der Waals surface area (Å²) in [6.45, 7) is 6.88. The topological polar surface area (TPSA) is 29.1 Å². The van der Waals surface area contributed by atoms with Crippen LogP contribution in [0.15, 0.2) is 0 Å². The minimum atomic E-state index is -1.96. The quantitative estimate of drug-likeness (QED) is 0.676. The Balaban J connectivity index is 0.00000121. The Morgan fingerprint density at radius 2 is 1.92 bits per heavy atom. The van der Waals surface area contributed by atoms with Crippen molar-refractivity contribution >= 4 is 19.5 Å². The second-order valence-corrected chi connectivity index (χ2v) is 7.70. The lowest BCUT2D eigenvalue weighted by atomic mass is 10.1. The highest BCUT2D eigenvalue weighted by Crippen LogP contribution is 2.52. The second-order valence-electron chi connectivity index (χ2n) is 4.01. The third kappa shape index (κ3) is 2.48. The van der Waals surface area contributed by atoms with Crippen LogP contribution >= 0.6 is 19.5 Å². The molecule has 1 atom stereocenters. The van der Waals surface area contributed by atoms with Crippen LogP contribution in [0.2, 0.25) is 0 Å². The Bertz CT molecular complexity index is 183. The van der Waals surface area contributed by atoms with Gasteiger partial charge in [-0.05, 0) is 46.1 Å². The fraction of sp³-hybridized carbons (Fsp3) is 1.00. The summed E-state index contributed by atoms with van der Waals surface area (Å²) in [6.07, 6.45) is 3.52. The predicted molar refractivity (Wildman–Crippen MR) is 57.0 cm³/mol. The van der Waals surface area contributed by atoms with Gasteiger partial charge in [-0.15, -0.1) is 12.4 Å². The van der Waals surface area contributed by atoms with Crippen molar-refractivity contribution in [2.45, 2.75) is 31.5 Å². The summed E-state index contributed by atoms with van der Waals surface area (Å²) in [7, 11) is -1.96. The zero-order valence-corrected chi connectivity index (χ0v) is 9.80. The van der Waals surface area contributed by atoms with E-state index in [2.05, 4.69) is 12.2 Å². The van der Waals surface area contributed by atoms with Crippen molar-refractivity contribution in [3.05, 3.63) is 0 Å². The Hall–Kier alpha value is 0.480. The molecule has 0 aliphatic carbocycles. The normalized spacial score (nSPS) is 30.9. The van der Waals surface area contributed by atoms with Crippen molar-refractivity contribution in [1.82, 2.24) is 5.32 Å². The van der Waals surface area contributed by atoms with E-state index in [1.54, 1.807) is 0 Å². The largest absolute Gasteiger partial charge is 0.322 e. The molecular weight excluding hydrogens is 193 g/mol. The Kier molecular flexibility index (Phi) is 4.29. The number of piperidine rings is 1. The predicted octanol–water partition coefficient (Wildman–Crippen LogP) is 2.52. The number of nitrogens with one attached hydrogen (secondary N) is 1. The maximum Gasteiger partial charge on any atom is 0.101 e. The molecule has 74 valence electrons. The molecule has 0 amide bonds. The summed E-state index contributed by atoms with van der Waals surface area (Å²) in [6, 6.07) is 0. The van der Waals surface area contributed by atoms with Gasteiger partial charge < -0.3 is 9.88 Å². The SMILES string of the molecule is CC1(P(C)(C)=O)CCCCN1.Cl. The van der Waals surface area contributed by atoms with Gasteiger partial charge in [-0.3, -0.25) is 0 Å². The first-order valence-corrected chi connectivity index (χ1v) is 6.86. The standard InChI is InChI=1S/C8H18NOP.ClH/c1-8(11(2,3)10)6-4-5-7-9-8;/h9H,4-7H2,1-3H3;1H. The van der Waals surface area contributed by atoms with Crippen LogP contribution in [0.25, 0.3) is 0 Å². The molecule has 0 spiro atoms. The number of halogens is 1. The molecule has 0 radical (unpaired) electrons. The Morgan fingerprint density at radius 3 is 2.17 bits per heavy atom. The minimum absolute atomic E-state index is 0. The molecule has 1 saturated heterocycles. The summed E-state index contributed by atoms with van der Waals surface area (Å²) in [5.41, 5.74) is 0. The second kappa shape index (κ2) is 4.13. The number of hydrogen-bond donors (Lipinski definition) is 1. The minimum Gasteiger partial charge on any atom is -0.322 e. The average Bonchev–Trinajstić information content (AvgIpc) is 1.87. The van der Waals surface area contributed by atoms with Gasteiger partial charge in [0.1, 0.15) is 7.14 Å². The lowest BCUT2D eigenvalue weighted by Crippen LogP contribution is -2.45. The molecule has 12 heavy (non-hydrogen) atoms.